The lowest BCUT2D eigenvalue weighted by Crippen LogP contribution is -2.50. The lowest BCUT2D eigenvalue weighted by Gasteiger charge is -2.48. The van der Waals surface area contributed by atoms with E-state index in [2.05, 4.69) is 26.8 Å². The summed E-state index contributed by atoms with van der Waals surface area (Å²) >= 11 is 0. The minimum atomic E-state index is -0.321. The maximum Gasteiger partial charge on any atom is 0.148 e. The molecule has 5 fully saturated rings. The van der Waals surface area contributed by atoms with E-state index in [1.54, 1.807) is 12.1 Å². The number of piperidine rings is 3. The second-order valence-corrected chi connectivity index (χ2v) is 9.64. The lowest BCUT2D eigenvalue weighted by atomic mass is 9.71. The van der Waals surface area contributed by atoms with Crippen molar-refractivity contribution in [3.63, 3.8) is 0 Å². The van der Waals surface area contributed by atoms with Crippen molar-refractivity contribution in [2.45, 2.75) is 44.2 Å². The van der Waals surface area contributed by atoms with E-state index in [1.165, 1.54) is 38.0 Å². The molecule has 5 heterocycles. The van der Waals surface area contributed by atoms with Crippen LogP contribution < -0.4 is 20.4 Å². The van der Waals surface area contributed by atoms with Crippen LogP contribution in [0.3, 0.4) is 0 Å². The molecule has 0 spiro atoms. The van der Waals surface area contributed by atoms with Crippen LogP contribution in [0.1, 0.15) is 32.1 Å². The van der Waals surface area contributed by atoms with Crippen molar-refractivity contribution >= 4 is 22.9 Å². The average molecular weight is 408 g/mol. The van der Waals surface area contributed by atoms with Crippen LogP contribution in [0, 0.1) is 17.7 Å². The van der Waals surface area contributed by atoms with Gasteiger partial charge in [0.15, 0.2) is 0 Å². The molecule has 4 saturated heterocycles. The standard InChI is InChI=1S/C24H30FN5/c25-20-12-19(3-4-21(20)26)29-8-1-2-22-23(29)6-9-30(22)24-13-18(5-7-27-24)28-14-16-10-17(11-16)15-28/h3-5,7,12-13,16-17,22-23H,1-2,6,8-11,14-15,26H2/t16?,17?,22-,23-/m1/s1. The van der Waals surface area contributed by atoms with Gasteiger partial charge < -0.3 is 20.4 Å². The molecule has 0 amide bonds. The summed E-state index contributed by atoms with van der Waals surface area (Å²) in [6, 6.07) is 10.5. The Kier molecular flexibility index (Phi) is 4.29. The van der Waals surface area contributed by atoms with Crippen LogP contribution in [-0.4, -0.2) is 43.2 Å². The number of nitrogens with two attached hydrogens (primary N) is 1. The Bertz CT molecular complexity index is 933. The Labute approximate surface area is 177 Å². The highest BCUT2D eigenvalue weighted by atomic mass is 19.1. The van der Waals surface area contributed by atoms with Gasteiger partial charge in [0.25, 0.3) is 0 Å². The summed E-state index contributed by atoms with van der Waals surface area (Å²) in [5.74, 6) is 2.57. The summed E-state index contributed by atoms with van der Waals surface area (Å²) in [4.78, 5) is 12.2. The number of hydrogen-bond acceptors (Lipinski definition) is 5. The van der Waals surface area contributed by atoms with Crippen molar-refractivity contribution < 1.29 is 4.39 Å². The highest BCUT2D eigenvalue weighted by Gasteiger charge is 2.41. The molecule has 2 N–H and O–H groups in total. The van der Waals surface area contributed by atoms with Crippen molar-refractivity contribution in [3.05, 3.63) is 42.3 Å². The fourth-order valence-corrected chi connectivity index (χ4v) is 6.33. The number of nitrogen functional groups attached to an aromatic ring is 1. The number of halogens is 1. The number of nitrogens with zero attached hydrogens (tertiary/aromatic N) is 4. The van der Waals surface area contributed by atoms with Gasteiger partial charge in [-0.25, -0.2) is 9.37 Å². The SMILES string of the molecule is Nc1ccc(N2CCC[C@@H]3[C@H]2CCN3c2cc(N3CC4CC(C4)C3)ccn2)cc1F. The van der Waals surface area contributed by atoms with Crippen molar-refractivity contribution in [2.75, 3.05) is 46.6 Å². The van der Waals surface area contributed by atoms with E-state index in [0.717, 1.165) is 49.3 Å². The Morgan fingerprint density at radius 3 is 2.50 bits per heavy atom. The van der Waals surface area contributed by atoms with E-state index in [1.807, 2.05) is 12.3 Å². The molecule has 2 atom stereocenters. The monoisotopic (exact) mass is 407 g/mol. The van der Waals surface area contributed by atoms with Gasteiger partial charge in [0.1, 0.15) is 11.6 Å². The first kappa shape index (κ1) is 18.3. The molecule has 6 heteroatoms. The molecule has 158 valence electrons. The van der Waals surface area contributed by atoms with Crippen LogP contribution in [0.5, 0.6) is 0 Å². The maximum atomic E-state index is 14.1. The normalized spacial score (nSPS) is 30.2. The fraction of sp³-hybridized carbons (Fsp3) is 0.542. The van der Waals surface area contributed by atoms with E-state index >= 15 is 0 Å². The quantitative estimate of drug-likeness (QED) is 0.782. The van der Waals surface area contributed by atoms with E-state index in [-0.39, 0.29) is 11.5 Å². The lowest BCUT2D eigenvalue weighted by molar-refractivity contribution is 0.159. The van der Waals surface area contributed by atoms with Crippen LogP contribution in [-0.2, 0) is 0 Å². The first-order chi connectivity index (χ1) is 14.7. The number of fused-ring (bicyclic) bond motifs is 3. The molecular formula is C24H30FN5. The number of anilines is 4. The molecule has 2 aromatic rings. The van der Waals surface area contributed by atoms with E-state index in [4.69, 9.17) is 10.7 Å². The summed E-state index contributed by atoms with van der Waals surface area (Å²) in [7, 11) is 0. The molecule has 4 aliphatic heterocycles. The van der Waals surface area contributed by atoms with Gasteiger partial charge in [0.2, 0.25) is 0 Å². The van der Waals surface area contributed by atoms with Gasteiger partial charge in [0, 0.05) is 49.8 Å². The molecule has 1 aromatic carbocycles. The zero-order chi connectivity index (χ0) is 20.2. The van der Waals surface area contributed by atoms with Crippen LogP contribution in [0.4, 0.5) is 27.3 Å². The molecular weight excluding hydrogens is 377 g/mol. The Morgan fingerprint density at radius 1 is 0.900 bits per heavy atom. The molecule has 0 unspecified atom stereocenters. The third-order valence-corrected chi connectivity index (χ3v) is 7.80. The Balaban J connectivity index is 1.23. The molecule has 1 saturated carbocycles. The largest absolute Gasteiger partial charge is 0.396 e. The third kappa shape index (κ3) is 2.99. The van der Waals surface area contributed by atoms with Gasteiger partial charge in [-0.15, -0.1) is 0 Å². The van der Waals surface area contributed by atoms with Gasteiger partial charge in [-0.2, -0.15) is 0 Å². The molecule has 1 aromatic heterocycles. The molecule has 2 bridgehead atoms. The number of aromatic nitrogens is 1. The highest BCUT2D eigenvalue weighted by Crippen LogP contribution is 2.42. The fourth-order valence-electron chi connectivity index (χ4n) is 6.33. The smallest absolute Gasteiger partial charge is 0.148 e. The minimum Gasteiger partial charge on any atom is -0.396 e. The Hall–Kier alpha value is -2.50. The summed E-state index contributed by atoms with van der Waals surface area (Å²) in [6.07, 6.45) is 8.18. The van der Waals surface area contributed by atoms with Crippen LogP contribution in [0.15, 0.2) is 36.5 Å². The number of hydrogen-bond donors (Lipinski definition) is 1. The first-order valence-corrected chi connectivity index (χ1v) is 11.4. The average Bonchev–Trinajstić information content (AvgIpc) is 3.20. The highest BCUT2D eigenvalue weighted by molar-refractivity contribution is 5.59. The molecule has 7 rings (SSSR count). The minimum absolute atomic E-state index is 0.219. The topological polar surface area (TPSA) is 48.6 Å². The van der Waals surface area contributed by atoms with E-state index in [9.17, 15) is 4.39 Å². The van der Waals surface area contributed by atoms with Crippen LogP contribution >= 0.6 is 0 Å². The van der Waals surface area contributed by atoms with Crippen molar-refractivity contribution in [1.82, 2.24) is 4.98 Å². The summed E-state index contributed by atoms with van der Waals surface area (Å²) < 4.78 is 14.1. The summed E-state index contributed by atoms with van der Waals surface area (Å²) in [5.41, 5.74) is 8.19. The summed E-state index contributed by atoms with van der Waals surface area (Å²) in [6.45, 7) is 4.37. The summed E-state index contributed by atoms with van der Waals surface area (Å²) in [5, 5.41) is 0. The van der Waals surface area contributed by atoms with Crippen LogP contribution in [0.25, 0.3) is 0 Å². The van der Waals surface area contributed by atoms with E-state index < -0.39 is 0 Å². The van der Waals surface area contributed by atoms with Gasteiger partial charge >= 0.3 is 0 Å². The van der Waals surface area contributed by atoms with Crippen molar-refractivity contribution in [1.29, 1.82) is 0 Å². The van der Waals surface area contributed by atoms with Gasteiger partial charge in [-0.05, 0) is 68.2 Å². The number of rotatable bonds is 3. The van der Waals surface area contributed by atoms with Crippen molar-refractivity contribution in [3.8, 4) is 0 Å². The van der Waals surface area contributed by atoms with Crippen LogP contribution in [0.2, 0.25) is 0 Å². The number of benzene rings is 1. The second kappa shape index (κ2) is 7.03. The Morgan fingerprint density at radius 2 is 1.70 bits per heavy atom. The predicted molar refractivity (Wildman–Crippen MR) is 120 cm³/mol. The zero-order valence-corrected chi connectivity index (χ0v) is 17.4. The van der Waals surface area contributed by atoms with Gasteiger partial charge in [-0.1, -0.05) is 0 Å². The molecule has 30 heavy (non-hydrogen) atoms. The molecule has 0 radical (unpaired) electrons. The molecule has 5 aliphatic rings. The predicted octanol–water partition coefficient (Wildman–Crippen LogP) is 3.90. The first-order valence-electron chi connectivity index (χ1n) is 11.4. The van der Waals surface area contributed by atoms with Crippen molar-refractivity contribution in [2.24, 2.45) is 11.8 Å². The number of pyridine rings is 1. The molecule has 1 aliphatic carbocycles. The van der Waals surface area contributed by atoms with E-state index in [0.29, 0.717) is 12.1 Å². The third-order valence-electron chi connectivity index (χ3n) is 7.80. The zero-order valence-electron chi connectivity index (χ0n) is 17.4. The molecule has 5 nitrogen and oxygen atoms in total. The maximum absolute atomic E-state index is 14.1. The second-order valence-electron chi connectivity index (χ2n) is 9.64. The van der Waals surface area contributed by atoms with Gasteiger partial charge in [-0.3, -0.25) is 0 Å². The van der Waals surface area contributed by atoms with Gasteiger partial charge in [0.05, 0.1) is 17.8 Å².